The van der Waals surface area contributed by atoms with Gasteiger partial charge in [0, 0.05) is 32.5 Å². The van der Waals surface area contributed by atoms with Crippen molar-refractivity contribution in [2.45, 2.75) is 132 Å². The second kappa shape index (κ2) is 12.3. The molecule has 0 bridgehead atoms. The summed E-state index contributed by atoms with van der Waals surface area (Å²) in [6.07, 6.45) is 3.97. The van der Waals surface area contributed by atoms with Gasteiger partial charge in [0.05, 0.1) is 0 Å². The van der Waals surface area contributed by atoms with Gasteiger partial charge in [0.2, 0.25) is 0 Å². The minimum absolute atomic E-state index is 0. The molecule has 2 nitrogen and oxygen atoms in total. The van der Waals surface area contributed by atoms with E-state index in [1.807, 2.05) is 42.5 Å². The fourth-order valence-electron chi connectivity index (χ4n) is 8.84. The molecule has 0 atom stereocenters. The number of fused-ring (bicyclic) bond motifs is 2. The largest absolute Gasteiger partial charge is 0.305 e. The van der Waals surface area contributed by atoms with Crippen LogP contribution in [-0.4, -0.2) is 9.97 Å². The molecule has 2 aromatic carbocycles. The Bertz CT molecular complexity index is 1670. The summed E-state index contributed by atoms with van der Waals surface area (Å²) in [6.45, 7) is 39.0. The van der Waals surface area contributed by atoms with Crippen molar-refractivity contribution >= 4 is 0 Å². The smallest absolute Gasteiger partial charge is 0.0201 e. The maximum atomic E-state index is 5.10. The molecule has 0 aliphatic heterocycles. The number of hydrogen-bond acceptors (Lipinski definition) is 2. The first-order valence-electron chi connectivity index (χ1n) is 17.9. The average Bonchev–Trinajstić information content (AvgIpc) is 3.03. The predicted octanol–water partition coefficient (Wildman–Crippen LogP) is 12.3. The van der Waals surface area contributed by atoms with E-state index in [1.54, 1.807) is 6.20 Å². The van der Waals surface area contributed by atoms with Crippen molar-refractivity contribution in [1.82, 2.24) is 9.97 Å². The number of pyridine rings is 2. The molecule has 2 heterocycles. The third kappa shape index (κ3) is 5.43. The Morgan fingerprint density at radius 1 is 0.449 bits per heavy atom. The minimum Gasteiger partial charge on any atom is -0.305 e. The molecule has 2 aliphatic rings. The van der Waals surface area contributed by atoms with Crippen LogP contribution in [0.15, 0.2) is 73.1 Å². The Hall–Kier alpha value is -2.61. The van der Waals surface area contributed by atoms with E-state index in [2.05, 4.69) is 152 Å². The molecule has 0 amide bonds. The van der Waals surface area contributed by atoms with Crippen molar-refractivity contribution in [1.29, 1.82) is 0 Å². The maximum Gasteiger partial charge on any atom is 0.0201 e. The van der Waals surface area contributed by atoms with Crippen LogP contribution in [0.3, 0.4) is 0 Å². The van der Waals surface area contributed by atoms with Gasteiger partial charge in [0.25, 0.3) is 0 Å². The molecule has 0 saturated heterocycles. The van der Waals surface area contributed by atoms with Crippen LogP contribution < -0.4 is 0 Å². The van der Waals surface area contributed by atoms with Gasteiger partial charge in [-0.05, 0) is 71.9 Å². The van der Waals surface area contributed by atoms with E-state index in [1.165, 1.54) is 22.3 Å². The van der Waals surface area contributed by atoms with Gasteiger partial charge in [-0.3, -0.25) is 0 Å². The van der Waals surface area contributed by atoms with Gasteiger partial charge < -0.3 is 9.97 Å². The fraction of sp³-hybridized carbons (Fsp3) is 0.522. The van der Waals surface area contributed by atoms with E-state index >= 15 is 0 Å². The van der Waals surface area contributed by atoms with E-state index < -0.39 is 0 Å². The first kappa shape index (κ1) is 39.2. The van der Waals surface area contributed by atoms with E-state index in [0.29, 0.717) is 0 Å². The summed E-state index contributed by atoms with van der Waals surface area (Å²) < 4.78 is 0. The zero-order valence-corrected chi connectivity index (χ0v) is 35.6. The summed E-state index contributed by atoms with van der Waals surface area (Å²) in [6, 6.07) is 27.6. The molecule has 2 aliphatic carbocycles. The summed E-state index contributed by atoms with van der Waals surface area (Å²) in [5.41, 5.74) is 10.5. The second-order valence-electron chi connectivity index (χ2n) is 18.8. The summed E-state index contributed by atoms with van der Waals surface area (Å²) in [7, 11) is 0. The van der Waals surface area contributed by atoms with Crippen molar-refractivity contribution in [3.05, 3.63) is 107 Å². The van der Waals surface area contributed by atoms with Crippen LogP contribution in [0.25, 0.3) is 22.5 Å². The number of hydrogen-bond donors (Lipinski definition) is 0. The number of benzene rings is 2. The van der Waals surface area contributed by atoms with Gasteiger partial charge in [0.1, 0.15) is 0 Å². The van der Waals surface area contributed by atoms with E-state index in [4.69, 9.17) is 4.98 Å². The standard InChI is InChI=1S/C35H52N.C11H8N.Ir/c1-28(2)23-18-17-22(19-24(23)29(3,4)33(11,12)32(28,9)10)27-20-25-26(21-36-27)31(7,8)35(15,16)34(13,14)30(25,5)6;1-2-6-10(7-3-1)11-8-4-5-9-12-11;/h18-21H,1-16H3;1-6,8-9H;/q2*-1;. The minimum atomic E-state index is 0. The van der Waals surface area contributed by atoms with Crippen LogP contribution in [0.2, 0.25) is 0 Å². The molecule has 0 N–H and O–H groups in total. The Labute approximate surface area is 312 Å². The van der Waals surface area contributed by atoms with E-state index in [-0.39, 0.29) is 63.4 Å². The van der Waals surface area contributed by atoms with Gasteiger partial charge in [-0.25, -0.2) is 0 Å². The molecule has 6 rings (SSSR count). The first-order chi connectivity index (χ1) is 21.9. The van der Waals surface area contributed by atoms with Crippen LogP contribution in [-0.2, 0) is 41.8 Å². The second-order valence-corrected chi connectivity index (χ2v) is 18.8. The molecule has 0 spiro atoms. The topological polar surface area (TPSA) is 25.8 Å². The van der Waals surface area contributed by atoms with Crippen molar-refractivity contribution in [3.8, 4) is 22.5 Å². The van der Waals surface area contributed by atoms with Crippen molar-refractivity contribution in [2.24, 2.45) is 21.7 Å². The predicted molar refractivity (Wildman–Crippen MR) is 204 cm³/mol. The third-order valence-corrected chi connectivity index (χ3v) is 15.8. The molecule has 0 unspecified atom stereocenters. The molecule has 1 radical (unpaired) electrons. The van der Waals surface area contributed by atoms with Crippen molar-refractivity contribution in [2.75, 3.05) is 0 Å². The SMILES string of the molecule is CC1(C)c2c[c-]c(-c3cc4c(cn3)C(C)(C)C(C)(C)C(C)(C)C4(C)C)cc2C(C)(C)C(C)(C)C1(C)C.[Ir].[c-]1ccccc1-c1ccccn1. The van der Waals surface area contributed by atoms with Crippen molar-refractivity contribution in [3.63, 3.8) is 0 Å². The molecule has 0 saturated carbocycles. The summed E-state index contributed by atoms with van der Waals surface area (Å²) in [4.78, 5) is 9.32. The van der Waals surface area contributed by atoms with Gasteiger partial charge in [-0.2, -0.15) is 0 Å². The van der Waals surface area contributed by atoms with Crippen molar-refractivity contribution < 1.29 is 20.1 Å². The zero-order chi connectivity index (χ0) is 35.9. The molecule has 49 heavy (non-hydrogen) atoms. The Kier molecular flexibility index (Phi) is 9.81. The van der Waals surface area contributed by atoms with Crippen LogP contribution in [0.5, 0.6) is 0 Å². The third-order valence-electron chi connectivity index (χ3n) is 15.8. The fourth-order valence-corrected chi connectivity index (χ4v) is 8.84. The van der Waals surface area contributed by atoms with Gasteiger partial charge >= 0.3 is 0 Å². The monoisotopic (exact) mass is 833 g/mol. The van der Waals surface area contributed by atoms with E-state index in [9.17, 15) is 0 Å². The summed E-state index contributed by atoms with van der Waals surface area (Å²) in [5.74, 6) is 0. The van der Waals surface area contributed by atoms with Crippen LogP contribution in [0.4, 0.5) is 0 Å². The van der Waals surface area contributed by atoms with E-state index in [0.717, 1.165) is 22.5 Å². The molecule has 2 aromatic heterocycles. The first-order valence-corrected chi connectivity index (χ1v) is 17.9. The zero-order valence-electron chi connectivity index (χ0n) is 33.2. The van der Waals surface area contributed by atoms with Crippen LogP contribution in [0, 0.1) is 33.8 Å². The molecule has 0 fully saturated rings. The molecule has 4 aromatic rings. The number of aromatic nitrogens is 2. The molecule has 3 heteroatoms. The quantitative estimate of drug-likeness (QED) is 0.188. The van der Waals surface area contributed by atoms with Gasteiger partial charge in [-0.15, -0.1) is 70.8 Å². The molecular weight excluding hydrogens is 773 g/mol. The normalized spacial score (nSPS) is 22.2. The molecule has 265 valence electrons. The Morgan fingerprint density at radius 3 is 1.43 bits per heavy atom. The van der Waals surface area contributed by atoms with Crippen LogP contribution >= 0.6 is 0 Å². The van der Waals surface area contributed by atoms with Gasteiger partial charge in [0.15, 0.2) is 0 Å². The summed E-state index contributed by atoms with van der Waals surface area (Å²) in [5, 5.41) is 0. The molecular formula is C46H60IrN2-2. The maximum absolute atomic E-state index is 5.10. The van der Waals surface area contributed by atoms with Gasteiger partial charge in [-0.1, -0.05) is 129 Å². The van der Waals surface area contributed by atoms with Crippen LogP contribution in [0.1, 0.15) is 133 Å². The number of rotatable bonds is 2. The number of nitrogens with zero attached hydrogens (tertiary/aromatic N) is 2. The summed E-state index contributed by atoms with van der Waals surface area (Å²) >= 11 is 0. The average molecular weight is 833 g/mol. The Balaban J connectivity index is 0.000000349. The Morgan fingerprint density at radius 2 is 0.939 bits per heavy atom.